The minimum atomic E-state index is -4.34. The molecule has 1 fully saturated rings. The molecule has 0 amide bonds. The van der Waals surface area contributed by atoms with E-state index in [1.807, 2.05) is 0 Å². The van der Waals surface area contributed by atoms with E-state index in [1.54, 1.807) is 0 Å². The van der Waals surface area contributed by atoms with Crippen LogP contribution in [-0.2, 0) is 22.3 Å². The van der Waals surface area contributed by atoms with Crippen LogP contribution in [0.3, 0.4) is 0 Å². The van der Waals surface area contributed by atoms with E-state index in [0.717, 1.165) is 17.7 Å². The molecule has 20 heavy (non-hydrogen) atoms. The molecule has 0 radical (unpaired) electrons. The first kappa shape index (κ1) is 15.1. The molecule has 1 aliphatic carbocycles. The van der Waals surface area contributed by atoms with Crippen molar-refractivity contribution >= 4 is 18.4 Å². The first-order valence-electron chi connectivity index (χ1n) is 5.92. The molecule has 1 aromatic rings. The van der Waals surface area contributed by atoms with Gasteiger partial charge >= 0.3 is 12.1 Å². The molecule has 1 aromatic carbocycles. The number of benzene rings is 1. The molecule has 0 bridgehead atoms. The van der Waals surface area contributed by atoms with E-state index in [-0.39, 0.29) is 30.8 Å². The monoisotopic (exact) mass is 307 g/mol. The molecule has 0 spiro atoms. The van der Waals surface area contributed by atoms with E-state index < -0.39 is 17.3 Å². The van der Waals surface area contributed by atoms with Crippen molar-refractivity contribution in [2.45, 2.75) is 30.6 Å². The SMILES string of the molecule is COC(=O)C12CC1c1ccc(C(F)(F)F)cc1CN2.Cl. The molecule has 3 nitrogen and oxygen atoms in total. The van der Waals surface area contributed by atoms with Crippen LogP contribution in [0.1, 0.15) is 29.0 Å². The number of carbonyl (C=O) groups excluding carboxylic acids is 1. The third-order valence-corrected chi connectivity index (χ3v) is 3.95. The highest BCUT2D eigenvalue weighted by molar-refractivity contribution is 5.87. The number of alkyl halides is 3. The molecule has 2 aliphatic rings. The highest BCUT2D eigenvalue weighted by Crippen LogP contribution is 2.55. The Morgan fingerprint density at radius 1 is 1.45 bits per heavy atom. The summed E-state index contributed by atoms with van der Waals surface area (Å²) >= 11 is 0. The van der Waals surface area contributed by atoms with Crippen LogP contribution < -0.4 is 5.32 Å². The summed E-state index contributed by atoms with van der Waals surface area (Å²) in [5, 5.41) is 3.01. The van der Waals surface area contributed by atoms with E-state index in [2.05, 4.69) is 5.32 Å². The lowest BCUT2D eigenvalue weighted by Gasteiger charge is -2.24. The maximum Gasteiger partial charge on any atom is 0.416 e. The van der Waals surface area contributed by atoms with Gasteiger partial charge < -0.3 is 4.74 Å². The number of halogens is 4. The van der Waals surface area contributed by atoms with Gasteiger partial charge in [-0.05, 0) is 29.7 Å². The van der Waals surface area contributed by atoms with E-state index in [1.165, 1.54) is 13.2 Å². The number of ether oxygens (including phenoxy) is 1. The van der Waals surface area contributed by atoms with Gasteiger partial charge in [-0.2, -0.15) is 13.2 Å². The average molecular weight is 308 g/mol. The summed E-state index contributed by atoms with van der Waals surface area (Å²) in [6, 6.07) is 3.71. The third-order valence-electron chi connectivity index (χ3n) is 3.95. The normalized spacial score (nSPS) is 26.9. The summed E-state index contributed by atoms with van der Waals surface area (Å²) in [6.45, 7) is 0.255. The van der Waals surface area contributed by atoms with Crippen molar-refractivity contribution in [3.05, 3.63) is 34.9 Å². The quantitative estimate of drug-likeness (QED) is 0.811. The van der Waals surface area contributed by atoms with Crippen LogP contribution in [0.5, 0.6) is 0 Å². The number of rotatable bonds is 1. The van der Waals surface area contributed by atoms with E-state index in [9.17, 15) is 18.0 Å². The highest BCUT2D eigenvalue weighted by Gasteiger charge is 2.63. The van der Waals surface area contributed by atoms with Gasteiger partial charge in [0.25, 0.3) is 0 Å². The maximum atomic E-state index is 12.6. The Balaban J connectivity index is 0.00000147. The highest BCUT2D eigenvalue weighted by atomic mass is 35.5. The molecule has 1 heterocycles. The molecule has 110 valence electrons. The minimum Gasteiger partial charge on any atom is -0.468 e. The summed E-state index contributed by atoms with van der Waals surface area (Å²) in [4.78, 5) is 11.7. The van der Waals surface area contributed by atoms with Crippen molar-refractivity contribution in [2.24, 2.45) is 0 Å². The molecule has 7 heteroatoms. The van der Waals surface area contributed by atoms with Gasteiger partial charge in [0.1, 0.15) is 5.54 Å². The zero-order chi connectivity index (χ0) is 13.8. The minimum absolute atomic E-state index is 0. The summed E-state index contributed by atoms with van der Waals surface area (Å²) < 4.78 is 42.6. The lowest BCUT2D eigenvalue weighted by Crippen LogP contribution is -2.43. The van der Waals surface area contributed by atoms with E-state index >= 15 is 0 Å². The summed E-state index contributed by atoms with van der Waals surface area (Å²) in [5.41, 5.74) is 0.0508. The first-order chi connectivity index (χ1) is 8.88. The largest absolute Gasteiger partial charge is 0.468 e. The Kier molecular flexibility index (Phi) is 3.50. The molecule has 2 atom stereocenters. The molecule has 2 unspecified atom stereocenters. The van der Waals surface area contributed by atoms with Gasteiger partial charge in [0, 0.05) is 12.5 Å². The molecule has 0 aromatic heterocycles. The van der Waals surface area contributed by atoms with Crippen molar-refractivity contribution < 1.29 is 22.7 Å². The fourth-order valence-electron chi connectivity index (χ4n) is 2.84. The van der Waals surface area contributed by atoms with E-state index in [4.69, 9.17) is 4.74 Å². The Morgan fingerprint density at radius 3 is 2.75 bits per heavy atom. The number of nitrogens with one attached hydrogen (secondary N) is 1. The van der Waals surface area contributed by atoms with Gasteiger partial charge in [-0.25, -0.2) is 0 Å². The lowest BCUT2D eigenvalue weighted by molar-refractivity contribution is -0.145. The molecule has 1 aliphatic heterocycles. The molecular weight excluding hydrogens is 295 g/mol. The van der Waals surface area contributed by atoms with Crippen LogP contribution >= 0.6 is 12.4 Å². The Morgan fingerprint density at radius 2 is 2.15 bits per heavy atom. The van der Waals surface area contributed by atoms with Gasteiger partial charge in [0.15, 0.2) is 0 Å². The molecule has 3 rings (SSSR count). The van der Waals surface area contributed by atoms with Gasteiger partial charge in [-0.3, -0.25) is 10.1 Å². The van der Waals surface area contributed by atoms with Crippen molar-refractivity contribution in [2.75, 3.05) is 7.11 Å². The van der Waals surface area contributed by atoms with Gasteiger partial charge in [-0.1, -0.05) is 6.07 Å². The van der Waals surface area contributed by atoms with Gasteiger partial charge in [0.2, 0.25) is 0 Å². The topological polar surface area (TPSA) is 38.3 Å². The summed E-state index contributed by atoms with van der Waals surface area (Å²) in [6.07, 6.45) is -3.76. The van der Waals surface area contributed by atoms with E-state index in [0.29, 0.717) is 12.0 Å². The molecular formula is C13H13ClF3NO2. The van der Waals surface area contributed by atoms with Crippen LogP contribution in [0.15, 0.2) is 18.2 Å². The Bertz CT molecular complexity index is 561. The number of methoxy groups -OCH3 is 1. The van der Waals surface area contributed by atoms with Crippen LogP contribution in [-0.4, -0.2) is 18.6 Å². The second-order valence-electron chi connectivity index (χ2n) is 4.98. The number of hydrogen-bond acceptors (Lipinski definition) is 3. The Hall–Kier alpha value is -1.27. The zero-order valence-corrected chi connectivity index (χ0v) is 11.4. The fraction of sp³-hybridized carbons (Fsp3) is 0.462. The van der Waals surface area contributed by atoms with Crippen LogP contribution in [0.2, 0.25) is 0 Å². The predicted octanol–water partition coefficient (Wildman–Crippen LogP) is 2.63. The van der Waals surface area contributed by atoms with Gasteiger partial charge in [0.05, 0.1) is 12.7 Å². The maximum absolute atomic E-state index is 12.6. The lowest BCUT2D eigenvalue weighted by atomic mass is 9.94. The zero-order valence-electron chi connectivity index (χ0n) is 10.6. The standard InChI is InChI=1S/C13H12F3NO2.ClH/c1-19-11(18)12-5-10(12)9-3-2-8(13(14,15)16)4-7(9)6-17-12;/h2-4,10,17H,5-6H2,1H3;1H. The predicted molar refractivity (Wildman–Crippen MR) is 67.6 cm³/mol. The number of hydrogen-bond donors (Lipinski definition) is 1. The van der Waals surface area contributed by atoms with Crippen molar-refractivity contribution in [3.8, 4) is 0 Å². The smallest absolute Gasteiger partial charge is 0.416 e. The number of esters is 1. The Labute approximate surface area is 119 Å². The van der Waals surface area contributed by atoms with Crippen LogP contribution in [0.25, 0.3) is 0 Å². The third kappa shape index (κ3) is 2.07. The van der Waals surface area contributed by atoms with Gasteiger partial charge in [-0.15, -0.1) is 12.4 Å². The summed E-state index contributed by atoms with van der Waals surface area (Å²) in [7, 11) is 1.32. The second-order valence-corrected chi connectivity index (χ2v) is 4.98. The van der Waals surface area contributed by atoms with Crippen LogP contribution in [0, 0.1) is 0 Å². The molecule has 1 saturated carbocycles. The van der Waals surface area contributed by atoms with Crippen LogP contribution in [0.4, 0.5) is 13.2 Å². The van der Waals surface area contributed by atoms with Crippen molar-refractivity contribution in [1.29, 1.82) is 0 Å². The molecule has 1 N–H and O–H groups in total. The fourth-order valence-corrected chi connectivity index (χ4v) is 2.84. The summed E-state index contributed by atoms with van der Waals surface area (Å²) in [5.74, 6) is -0.422. The second kappa shape index (κ2) is 4.63. The van der Waals surface area contributed by atoms with Crippen molar-refractivity contribution in [3.63, 3.8) is 0 Å². The molecule has 0 saturated heterocycles. The first-order valence-corrected chi connectivity index (χ1v) is 5.92. The van der Waals surface area contributed by atoms with Crippen molar-refractivity contribution in [1.82, 2.24) is 5.32 Å². The number of fused-ring (bicyclic) bond motifs is 3. The number of carbonyl (C=O) groups is 1. The average Bonchev–Trinajstić information content (AvgIpc) is 3.12.